The van der Waals surface area contributed by atoms with Gasteiger partial charge in [-0.15, -0.1) is 0 Å². The SMILES string of the molecule is [N-]=[N+]=NCOC1C[C@H](n2cc(C#CCNC(=O)NCCCCCOCSSCCNC(=O)c3ccc(C(=O)O)c(-c4c5ccc(=N)c(S(=O)(=O)O)c-5oc5c(S(=O)(=O)O)c(N)ccc45)c3)c(N)nc2=O)O[C@@H]1COP(=O)(O)OP(=O)(O)CP(=O)(O)O. The lowest BCUT2D eigenvalue weighted by Crippen LogP contribution is -2.36. The average molecular weight is 1340 g/mol. The van der Waals surface area contributed by atoms with Crippen LogP contribution in [-0.2, 0) is 57.0 Å². The Labute approximate surface area is 493 Å². The number of hydrogen-bond acceptors (Lipinski definition) is 24. The molecule has 1 aromatic heterocycles. The molecule has 0 spiro atoms. The summed E-state index contributed by atoms with van der Waals surface area (Å²) in [5, 5.41) is 28.6. The first-order valence-corrected chi connectivity index (χ1v) is 34.7. The average Bonchev–Trinajstić information content (AvgIpc) is 1.01. The van der Waals surface area contributed by atoms with Gasteiger partial charge >= 0.3 is 40.7 Å². The highest BCUT2D eigenvalue weighted by atomic mass is 33.1. The predicted octanol–water partition coefficient (Wildman–Crippen LogP) is 3.60. The number of nitrogens with two attached hydrogens (primary N) is 2. The van der Waals surface area contributed by atoms with E-state index in [0.717, 1.165) is 22.8 Å². The number of amides is 3. The number of carboxylic acid groups (broad SMARTS) is 1. The number of nitrogens with one attached hydrogen (secondary N) is 4. The number of urea groups is 1. The Morgan fingerprint density at radius 3 is 2.37 bits per heavy atom. The molecule has 2 aromatic carbocycles. The number of carbonyl (C=O) groups is 3. The van der Waals surface area contributed by atoms with Crippen LogP contribution in [-0.4, -0.2) is 147 Å². The summed E-state index contributed by atoms with van der Waals surface area (Å²) in [6, 6.07) is 7.37. The smallest absolute Gasteiger partial charge is 0.478 e. The first-order chi connectivity index (χ1) is 40.3. The molecule has 42 heteroatoms. The molecule has 86 heavy (non-hydrogen) atoms. The Morgan fingerprint density at radius 1 is 0.953 bits per heavy atom. The Balaban J connectivity index is 0.916. The van der Waals surface area contributed by atoms with E-state index in [4.69, 9.17) is 55.3 Å². The molecule has 3 heterocycles. The molecule has 466 valence electrons. The number of benzene rings is 3. The van der Waals surface area contributed by atoms with E-state index in [1.165, 1.54) is 52.1 Å². The molecule has 6 rings (SSSR count). The standard InChI is InChI=1S/C44H52N11O24P3S4/c45-30-10-8-27-35(28-9-11-31(46)39(86(71,72)73)37(28)78-36(27)38(30)85(68,69)70)29-17-24(6-7-26(29)42(57)58)41(56)49-14-16-83-84-22-74-15-3-1-2-12-50-43(59)51-13-4-5-25-19-55(44(60)53-40(25)47)34-18-32(75-21-52-54-48)33(77-34)20-76-82(66,67)79-81(64,65)23-80(61,62)63/h6-11,17,19,32-34,45H,1-3,12-16,18,20-23,46H2,(H,49,56)(H,57,58)(H,64,65)(H,66,67)(H2,47,53,60)(H2,50,51,59)(H2,61,62,63)(H,68,69,70)(H,71,72,73)/t32?,33-,34-/m1/s1. The van der Waals surface area contributed by atoms with Gasteiger partial charge in [-0.1, -0.05) is 38.5 Å². The number of aromatic nitrogens is 2. The number of phosphoric acid groups is 1. The maximum absolute atomic E-state index is 13.4. The number of unbranched alkanes of at least 4 members (excludes halogenated alkanes) is 2. The van der Waals surface area contributed by atoms with Crippen LogP contribution in [0.2, 0.25) is 0 Å². The number of aromatic carboxylic acids is 1. The molecular formula is C44H52N11O24P3S4. The van der Waals surface area contributed by atoms with Crippen molar-refractivity contribution in [3.05, 3.63) is 91.6 Å². The van der Waals surface area contributed by atoms with E-state index in [1.54, 1.807) is 0 Å². The number of carboxylic acids is 1. The normalized spacial score (nSPS) is 16.7. The third-order valence-corrected chi connectivity index (χ3v) is 20.8. The van der Waals surface area contributed by atoms with Gasteiger partial charge in [0.25, 0.3) is 26.1 Å². The van der Waals surface area contributed by atoms with Crippen LogP contribution >= 0.6 is 44.6 Å². The molecule has 0 saturated carbocycles. The van der Waals surface area contributed by atoms with Crippen LogP contribution in [0, 0.1) is 17.3 Å². The Kier molecular flexibility index (Phi) is 23.5. The lowest BCUT2D eigenvalue weighted by molar-refractivity contribution is -0.0599. The summed E-state index contributed by atoms with van der Waals surface area (Å²) in [5.74, 6) is 1.01. The summed E-state index contributed by atoms with van der Waals surface area (Å²) in [6.45, 7) is -0.823. The fraction of sp³-hybridized carbons (Fsp3) is 0.364. The van der Waals surface area contributed by atoms with Crippen LogP contribution in [0.5, 0.6) is 0 Å². The number of rotatable bonds is 29. The van der Waals surface area contributed by atoms with Gasteiger partial charge in [0, 0.05) is 65.1 Å². The second-order valence-corrected chi connectivity index (χ2v) is 28.6. The summed E-state index contributed by atoms with van der Waals surface area (Å²) in [5.41, 5.74) is 17.1. The Hall–Kier alpha value is -6.46. The van der Waals surface area contributed by atoms with Gasteiger partial charge in [0.15, 0.2) is 27.0 Å². The summed E-state index contributed by atoms with van der Waals surface area (Å²) in [6.07, 6.45) is -0.767. The molecule has 35 nitrogen and oxygen atoms in total. The monoisotopic (exact) mass is 1340 g/mol. The molecule has 3 aliphatic rings. The number of anilines is 2. The lowest BCUT2D eigenvalue weighted by atomic mass is 9.89. The van der Waals surface area contributed by atoms with E-state index in [-0.39, 0.29) is 58.5 Å². The fourth-order valence-electron chi connectivity index (χ4n) is 8.15. The molecule has 0 bridgehead atoms. The van der Waals surface area contributed by atoms with Crippen molar-refractivity contribution >= 4 is 105 Å². The van der Waals surface area contributed by atoms with Crippen molar-refractivity contribution in [1.82, 2.24) is 25.5 Å². The van der Waals surface area contributed by atoms with E-state index in [1.807, 2.05) is 0 Å². The van der Waals surface area contributed by atoms with E-state index < -0.39 is 142 Å². The molecule has 5 atom stereocenters. The minimum atomic E-state index is -5.47. The van der Waals surface area contributed by atoms with Crippen molar-refractivity contribution in [1.29, 1.82) is 5.41 Å². The van der Waals surface area contributed by atoms with Crippen LogP contribution < -0.4 is 38.5 Å². The van der Waals surface area contributed by atoms with Gasteiger partial charge in [-0.2, -0.15) is 21.8 Å². The molecular weight excluding hydrogens is 1290 g/mol. The molecule has 2 aliphatic heterocycles. The number of phosphoric ester groups is 1. The van der Waals surface area contributed by atoms with Crippen molar-refractivity contribution in [2.75, 3.05) is 68.6 Å². The highest BCUT2D eigenvalue weighted by Crippen LogP contribution is 2.65. The number of fused-ring (bicyclic) bond motifs is 2. The number of azide groups is 1. The van der Waals surface area contributed by atoms with Crippen LogP contribution in [0.1, 0.15) is 58.2 Å². The molecule has 1 aliphatic carbocycles. The van der Waals surface area contributed by atoms with Crippen molar-refractivity contribution in [3.63, 3.8) is 0 Å². The van der Waals surface area contributed by atoms with Crippen molar-refractivity contribution in [3.8, 4) is 34.3 Å². The molecule has 0 radical (unpaired) electrons. The molecule has 3 aromatic rings. The second kappa shape index (κ2) is 29.5. The molecule has 3 unspecified atom stereocenters. The summed E-state index contributed by atoms with van der Waals surface area (Å²) < 4.78 is 138. The molecule has 3 amide bonds. The van der Waals surface area contributed by atoms with Crippen molar-refractivity contribution < 1.29 is 106 Å². The fourth-order valence-corrected chi connectivity index (χ4v) is 15.6. The number of nitrogen functional groups attached to an aromatic ring is 2. The third-order valence-electron chi connectivity index (χ3n) is 11.7. The number of ether oxygens (including phenoxy) is 3. The first-order valence-electron chi connectivity index (χ1n) is 24.3. The Morgan fingerprint density at radius 2 is 1.69 bits per heavy atom. The first kappa shape index (κ1) is 68.7. The van der Waals surface area contributed by atoms with Gasteiger partial charge in [-0.25, -0.2) is 23.3 Å². The maximum atomic E-state index is 13.4. The zero-order valence-corrected chi connectivity index (χ0v) is 49.9. The maximum Gasteiger partial charge on any atom is 0.479 e. The van der Waals surface area contributed by atoms with Crippen LogP contribution in [0.15, 0.2) is 72.8 Å². The lowest BCUT2D eigenvalue weighted by Gasteiger charge is -2.21. The van der Waals surface area contributed by atoms with Gasteiger partial charge in [0.2, 0.25) is 0 Å². The highest BCUT2D eigenvalue weighted by molar-refractivity contribution is 8.76. The Bertz CT molecular complexity index is 4000. The minimum absolute atomic E-state index is 0.0163. The molecule has 1 saturated heterocycles. The highest BCUT2D eigenvalue weighted by Gasteiger charge is 2.43. The van der Waals surface area contributed by atoms with Gasteiger partial charge in [0.05, 0.1) is 41.4 Å². The number of carbonyl (C=O) groups excluding carboxylic acids is 2. The van der Waals surface area contributed by atoms with E-state index in [0.29, 0.717) is 44.1 Å². The number of hydrogen-bond donors (Lipinski definition) is 13. The quantitative estimate of drug-likeness (QED) is 0.00278. The minimum Gasteiger partial charge on any atom is -0.478 e. The van der Waals surface area contributed by atoms with Crippen LogP contribution in [0.4, 0.5) is 16.3 Å². The second-order valence-electron chi connectivity index (χ2n) is 17.8. The zero-order valence-electron chi connectivity index (χ0n) is 44.0. The van der Waals surface area contributed by atoms with Gasteiger partial charge in [-0.05, 0) is 72.8 Å². The van der Waals surface area contributed by atoms with Gasteiger partial charge < -0.3 is 70.7 Å². The zero-order chi connectivity index (χ0) is 63.4. The van der Waals surface area contributed by atoms with Crippen molar-refractivity contribution in [2.24, 2.45) is 5.11 Å². The van der Waals surface area contributed by atoms with Gasteiger partial charge in [-0.3, -0.25) is 37.5 Å². The predicted molar refractivity (Wildman–Crippen MR) is 304 cm³/mol. The number of nitrogens with zero attached hydrogens (tertiary/aromatic N) is 5. The topological polar surface area (TPSA) is 567 Å². The summed E-state index contributed by atoms with van der Waals surface area (Å²) in [7, 11) is -23.7. The molecule has 15 N–H and O–H groups in total. The van der Waals surface area contributed by atoms with E-state index >= 15 is 0 Å². The molecule has 1 fully saturated rings. The van der Waals surface area contributed by atoms with Crippen LogP contribution in [0.25, 0.3) is 43.9 Å². The third kappa shape index (κ3) is 19.0. The van der Waals surface area contributed by atoms with Gasteiger partial charge in [0.1, 0.15) is 30.8 Å². The van der Waals surface area contributed by atoms with E-state index in [2.05, 4.69) is 47.1 Å². The summed E-state index contributed by atoms with van der Waals surface area (Å²) in [4.78, 5) is 93.0. The van der Waals surface area contributed by atoms with E-state index in [9.17, 15) is 73.7 Å². The van der Waals surface area contributed by atoms with Crippen LogP contribution in [0.3, 0.4) is 0 Å². The summed E-state index contributed by atoms with van der Waals surface area (Å²) >= 11 is 0. The largest absolute Gasteiger partial charge is 0.479 e. The van der Waals surface area contributed by atoms with Crippen molar-refractivity contribution in [2.45, 2.75) is 53.9 Å².